The fourth-order valence-electron chi connectivity index (χ4n) is 1.68. The summed E-state index contributed by atoms with van der Waals surface area (Å²) in [4.78, 5) is 0. The van der Waals surface area contributed by atoms with Gasteiger partial charge < -0.3 is 0 Å². The summed E-state index contributed by atoms with van der Waals surface area (Å²) in [5, 5.41) is 4.90. The zero-order valence-electron chi connectivity index (χ0n) is 10.9. The first-order chi connectivity index (χ1) is 8.59. The highest BCUT2D eigenvalue weighted by atomic mass is 32.2. The average Bonchev–Trinajstić information content (AvgIpc) is 2.21. The lowest BCUT2D eigenvalue weighted by molar-refractivity contribution is 0.588. The van der Waals surface area contributed by atoms with Crippen molar-refractivity contribution in [3.8, 4) is 0 Å². The third-order valence-corrected chi connectivity index (χ3v) is 4.53. The van der Waals surface area contributed by atoms with E-state index < -0.39 is 20.0 Å². The maximum Gasteiger partial charge on any atom is 0.232 e. The highest BCUT2D eigenvalue weighted by Crippen LogP contribution is 2.19. The molecule has 108 valence electrons. The molecule has 8 heteroatoms. The second-order valence-electron chi connectivity index (χ2n) is 4.39. The van der Waals surface area contributed by atoms with E-state index in [9.17, 15) is 16.8 Å². The van der Waals surface area contributed by atoms with Crippen LogP contribution >= 0.6 is 0 Å². The molecule has 0 radical (unpaired) electrons. The van der Waals surface area contributed by atoms with Crippen molar-refractivity contribution in [2.45, 2.75) is 13.3 Å². The molecule has 0 spiro atoms. The van der Waals surface area contributed by atoms with Crippen molar-refractivity contribution < 1.29 is 16.8 Å². The Morgan fingerprint density at radius 2 is 1.84 bits per heavy atom. The molecule has 0 aromatic heterocycles. The van der Waals surface area contributed by atoms with Crippen molar-refractivity contribution in [2.24, 2.45) is 5.14 Å². The van der Waals surface area contributed by atoms with Crippen molar-refractivity contribution in [1.29, 1.82) is 0 Å². The van der Waals surface area contributed by atoms with E-state index in [2.05, 4.69) is 0 Å². The van der Waals surface area contributed by atoms with E-state index in [4.69, 9.17) is 5.14 Å². The first-order valence-corrected chi connectivity index (χ1v) is 9.21. The van der Waals surface area contributed by atoms with Crippen molar-refractivity contribution in [2.75, 3.05) is 22.9 Å². The smallest absolute Gasteiger partial charge is 0.232 e. The predicted molar refractivity (Wildman–Crippen MR) is 76.0 cm³/mol. The van der Waals surface area contributed by atoms with Gasteiger partial charge in [0.15, 0.2) is 0 Å². The molecule has 1 rings (SSSR count). The summed E-state index contributed by atoms with van der Waals surface area (Å²) in [6.45, 7) is 1.94. The maximum atomic E-state index is 11.7. The number of benzene rings is 1. The van der Waals surface area contributed by atoms with Crippen molar-refractivity contribution in [1.82, 2.24) is 0 Å². The van der Waals surface area contributed by atoms with Crippen LogP contribution in [-0.2, 0) is 20.0 Å². The van der Waals surface area contributed by atoms with Crippen LogP contribution in [-0.4, -0.2) is 35.4 Å². The van der Waals surface area contributed by atoms with Gasteiger partial charge in [-0.3, -0.25) is 4.31 Å². The highest BCUT2D eigenvalue weighted by molar-refractivity contribution is 7.92. The Balaban J connectivity index is 2.92. The number of nitrogens with zero attached hydrogens (tertiary/aromatic N) is 1. The molecule has 0 saturated carbocycles. The average molecular weight is 306 g/mol. The fourth-order valence-corrected chi connectivity index (χ4v) is 3.17. The monoisotopic (exact) mass is 306 g/mol. The largest absolute Gasteiger partial charge is 0.270 e. The molecule has 19 heavy (non-hydrogen) atoms. The first-order valence-electron chi connectivity index (χ1n) is 5.64. The van der Waals surface area contributed by atoms with E-state index in [-0.39, 0.29) is 18.7 Å². The fraction of sp³-hybridized carbons (Fsp3) is 0.455. The lowest BCUT2D eigenvalue weighted by atomic mass is 10.2. The third-order valence-electron chi connectivity index (χ3n) is 2.48. The van der Waals surface area contributed by atoms with E-state index in [0.717, 1.165) is 11.8 Å². The van der Waals surface area contributed by atoms with Gasteiger partial charge in [-0.2, -0.15) is 0 Å². The number of rotatable bonds is 6. The summed E-state index contributed by atoms with van der Waals surface area (Å²) in [6.07, 6.45) is 1.24. The van der Waals surface area contributed by atoms with Crippen LogP contribution in [0.15, 0.2) is 24.3 Å². The normalized spacial score (nSPS) is 12.4. The SMILES string of the molecule is Cc1cccc(N(CCCS(N)(=O)=O)S(C)(=O)=O)c1. The minimum absolute atomic E-state index is 0.0821. The van der Waals surface area contributed by atoms with Crippen LogP contribution in [0.4, 0.5) is 5.69 Å². The molecule has 1 aromatic carbocycles. The third kappa shape index (κ3) is 5.58. The molecular weight excluding hydrogens is 288 g/mol. The number of primary sulfonamides is 1. The predicted octanol–water partition coefficient (Wildman–Crippen LogP) is 0.440. The molecule has 0 saturated heterocycles. The molecule has 0 heterocycles. The number of sulfonamides is 2. The molecule has 0 fully saturated rings. The van der Waals surface area contributed by atoms with Crippen molar-refractivity contribution >= 4 is 25.7 Å². The van der Waals surface area contributed by atoms with Gasteiger partial charge in [0.25, 0.3) is 0 Å². The quantitative estimate of drug-likeness (QED) is 0.824. The van der Waals surface area contributed by atoms with E-state index in [1.54, 1.807) is 18.2 Å². The van der Waals surface area contributed by atoms with Crippen LogP contribution in [0.1, 0.15) is 12.0 Å². The zero-order chi connectivity index (χ0) is 14.7. The van der Waals surface area contributed by atoms with Gasteiger partial charge in [0.1, 0.15) is 0 Å². The van der Waals surface area contributed by atoms with Gasteiger partial charge in [0.05, 0.1) is 17.7 Å². The Labute approximate surface area is 114 Å². The molecule has 0 aliphatic carbocycles. The van der Waals surface area contributed by atoms with Crippen LogP contribution < -0.4 is 9.44 Å². The molecule has 2 N–H and O–H groups in total. The second kappa shape index (κ2) is 5.89. The minimum Gasteiger partial charge on any atom is -0.270 e. The summed E-state index contributed by atoms with van der Waals surface area (Å²) < 4.78 is 46.4. The number of hydrogen-bond acceptors (Lipinski definition) is 4. The number of hydrogen-bond donors (Lipinski definition) is 1. The molecule has 0 amide bonds. The van der Waals surface area contributed by atoms with Gasteiger partial charge in [-0.1, -0.05) is 12.1 Å². The Kier molecular flexibility index (Phi) is 4.94. The molecule has 0 unspecified atom stereocenters. The molecule has 0 atom stereocenters. The molecule has 0 aliphatic heterocycles. The van der Waals surface area contributed by atoms with Gasteiger partial charge in [-0.05, 0) is 31.0 Å². The summed E-state index contributed by atoms with van der Waals surface area (Å²) in [5.74, 6) is -0.245. The van der Waals surface area contributed by atoms with Crippen LogP contribution in [0.3, 0.4) is 0 Å². The summed E-state index contributed by atoms with van der Waals surface area (Å²) in [6, 6.07) is 7.01. The molecular formula is C11H18N2O4S2. The van der Waals surface area contributed by atoms with Crippen LogP contribution in [0.25, 0.3) is 0 Å². The van der Waals surface area contributed by atoms with Crippen molar-refractivity contribution in [3.05, 3.63) is 29.8 Å². The maximum absolute atomic E-state index is 11.7. The van der Waals surface area contributed by atoms with E-state index >= 15 is 0 Å². The Hall–Kier alpha value is -1.12. The van der Waals surface area contributed by atoms with Gasteiger partial charge >= 0.3 is 0 Å². The summed E-state index contributed by atoms with van der Waals surface area (Å²) in [5.41, 5.74) is 1.45. The zero-order valence-corrected chi connectivity index (χ0v) is 12.5. The lowest BCUT2D eigenvalue weighted by Gasteiger charge is -2.22. The molecule has 0 aliphatic rings. The van der Waals surface area contributed by atoms with E-state index in [0.29, 0.717) is 5.69 Å². The Morgan fingerprint density at radius 3 is 2.32 bits per heavy atom. The molecule has 6 nitrogen and oxygen atoms in total. The highest BCUT2D eigenvalue weighted by Gasteiger charge is 2.17. The number of aryl methyl sites for hydroxylation is 1. The number of nitrogens with two attached hydrogens (primary N) is 1. The summed E-state index contributed by atoms with van der Waals surface area (Å²) in [7, 11) is -7.03. The standard InChI is InChI=1S/C11H18N2O4S2/c1-10-5-3-6-11(9-10)13(18(2,14)15)7-4-8-19(12,16)17/h3,5-6,9H,4,7-8H2,1-2H3,(H2,12,16,17). The Morgan fingerprint density at radius 1 is 1.21 bits per heavy atom. The number of anilines is 1. The molecule has 1 aromatic rings. The van der Waals surface area contributed by atoms with Gasteiger partial charge in [-0.25, -0.2) is 22.0 Å². The molecule has 0 bridgehead atoms. The topological polar surface area (TPSA) is 97.5 Å². The van der Waals surface area contributed by atoms with Gasteiger partial charge in [0, 0.05) is 6.54 Å². The summed E-state index contributed by atoms with van der Waals surface area (Å²) >= 11 is 0. The van der Waals surface area contributed by atoms with Crippen LogP contribution in [0, 0.1) is 6.92 Å². The Bertz CT molecular complexity index is 638. The minimum atomic E-state index is -3.58. The van der Waals surface area contributed by atoms with Gasteiger partial charge in [-0.15, -0.1) is 0 Å². The van der Waals surface area contributed by atoms with Crippen molar-refractivity contribution in [3.63, 3.8) is 0 Å². The van der Waals surface area contributed by atoms with E-state index in [1.165, 1.54) is 4.31 Å². The van der Waals surface area contributed by atoms with Crippen LogP contribution in [0.5, 0.6) is 0 Å². The van der Waals surface area contributed by atoms with Crippen LogP contribution in [0.2, 0.25) is 0 Å². The van der Waals surface area contributed by atoms with Gasteiger partial charge in [0.2, 0.25) is 20.0 Å². The second-order valence-corrected chi connectivity index (χ2v) is 8.04. The van der Waals surface area contributed by atoms with E-state index in [1.807, 2.05) is 13.0 Å². The first kappa shape index (κ1) is 15.9. The lowest BCUT2D eigenvalue weighted by Crippen LogP contribution is -2.32.